The van der Waals surface area contributed by atoms with Crippen molar-refractivity contribution in [1.29, 1.82) is 0 Å². The molecule has 92 valence electrons. The smallest absolute Gasteiger partial charge is 0.132 e. The summed E-state index contributed by atoms with van der Waals surface area (Å²) in [6.45, 7) is 5.44. The van der Waals surface area contributed by atoms with Crippen molar-refractivity contribution in [1.82, 2.24) is 10.3 Å². The highest BCUT2D eigenvalue weighted by atomic mass is 35.5. The molecule has 1 aromatic rings. The number of anilines is 1. The number of aromatic nitrogens is 1. The highest BCUT2D eigenvalue weighted by molar-refractivity contribution is 6.30. The molecule has 0 aliphatic carbocycles. The van der Waals surface area contributed by atoms with Crippen molar-refractivity contribution in [2.45, 2.75) is 25.8 Å². The van der Waals surface area contributed by atoms with Crippen LogP contribution in [-0.4, -0.2) is 30.7 Å². The number of pyridine rings is 1. The summed E-state index contributed by atoms with van der Waals surface area (Å²) < 4.78 is 0. The average molecular weight is 252 g/mol. The maximum atomic E-state index is 5.97. The Kier molecular flexibility index (Phi) is 2.97. The van der Waals surface area contributed by atoms with Gasteiger partial charge in [0.15, 0.2) is 0 Å². The van der Waals surface area contributed by atoms with Crippen LogP contribution in [0, 0.1) is 12.8 Å². The lowest BCUT2D eigenvalue weighted by atomic mass is 9.92. The van der Waals surface area contributed by atoms with E-state index < -0.39 is 0 Å². The Bertz CT molecular complexity index is 421. The maximum absolute atomic E-state index is 5.97. The monoisotopic (exact) mass is 251 g/mol. The van der Waals surface area contributed by atoms with Crippen LogP contribution < -0.4 is 10.2 Å². The van der Waals surface area contributed by atoms with E-state index in [0.29, 0.717) is 11.2 Å². The lowest BCUT2D eigenvalue weighted by molar-refractivity contribution is 0.373. The first kappa shape index (κ1) is 11.3. The molecule has 2 aliphatic heterocycles. The van der Waals surface area contributed by atoms with Crippen molar-refractivity contribution < 1.29 is 0 Å². The molecule has 0 spiro atoms. The average Bonchev–Trinajstić information content (AvgIpc) is 2.79. The predicted molar refractivity (Wildman–Crippen MR) is 70.7 cm³/mol. The first-order valence-electron chi connectivity index (χ1n) is 6.34. The standard InChI is InChI=1S/C13H18ClN3/c1-9-6-11(7-16-13(9)14)17-5-3-10-2-4-15-12(10)8-17/h6-7,10,12,15H,2-5,8H2,1H3/t10-,12+/m0/s1. The van der Waals surface area contributed by atoms with Gasteiger partial charge in [0.05, 0.1) is 11.9 Å². The molecule has 3 heterocycles. The molecule has 3 nitrogen and oxygen atoms in total. The third kappa shape index (κ3) is 2.14. The largest absolute Gasteiger partial charge is 0.369 e. The lowest BCUT2D eigenvalue weighted by Crippen LogP contribution is -2.46. The summed E-state index contributed by atoms with van der Waals surface area (Å²) in [4.78, 5) is 6.67. The summed E-state index contributed by atoms with van der Waals surface area (Å²) in [5.74, 6) is 0.882. The van der Waals surface area contributed by atoms with Crippen molar-refractivity contribution in [2.24, 2.45) is 5.92 Å². The number of nitrogens with one attached hydrogen (secondary N) is 1. The van der Waals surface area contributed by atoms with Gasteiger partial charge in [-0.3, -0.25) is 0 Å². The van der Waals surface area contributed by atoms with E-state index in [1.54, 1.807) is 0 Å². The molecule has 0 unspecified atom stereocenters. The number of piperidine rings is 1. The second-order valence-electron chi connectivity index (χ2n) is 5.15. The van der Waals surface area contributed by atoms with Crippen LogP contribution in [0.1, 0.15) is 18.4 Å². The molecule has 1 N–H and O–H groups in total. The van der Waals surface area contributed by atoms with E-state index in [2.05, 4.69) is 21.3 Å². The van der Waals surface area contributed by atoms with Gasteiger partial charge in [0.2, 0.25) is 0 Å². The molecular formula is C13H18ClN3. The van der Waals surface area contributed by atoms with E-state index in [1.165, 1.54) is 25.1 Å². The maximum Gasteiger partial charge on any atom is 0.132 e. The van der Waals surface area contributed by atoms with Gasteiger partial charge in [0.1, 0.15) is 5.15 Å². The van der Waals surface area contributed by atoms with Gasteiger partial charge in [0.25, 0.3) is 0 Å². The number of fused-ring (bicyclic) bond motifs is 1. The van der Waals surface area contributed by atoms with E-state index >= 15 is 0 Å². The minimum Gasteiger partial charge on any atom is -0.369 e. The summed E-state index contributed by atoms with van der Waals surface area (Å²) in [5.41, 5.74) is 2.27. The Morgan fingerprint density at radius 2 is 2.35 bits per heavy atom. The van der Waals surface area contributed by atoms with Gasteiger partial charge in [-0.25, -0.2) is 4.98 Å². The lowest BCUT2D eigenvalue weighted by Gasteiger charge is -2.36. The second-order valence-corrected chi connectivity index (χ2v) is 5.50. The topological polar surface area (TPSA) is 28.2 Å². The number of rotatable bonds is 1. The zero-order valence-electron chi connectivity index (χ0n) is 10.1. The van der Waals surface area contributed by atoms with Gasteiger partial charge in [-0.2, -0.15) is 0 Å². The number of aryl methyl sites for hydroxylation is 1. The van der Waals surface area contributed by atoms with Crippen LogP contribution >= 0.6 is 11.6 Å². The van der Waals surface area contributed by atoms with E-state index in [1.807, 2.05) is 13.1 Å². The minimum atomic E-state index is 0.614. The van der Waals surface area contributed by atoms with E-state index in [4.69, 9.17) is 11.6 Å². The SMILES string of the molecule is Cc1cc(N2CC[C@@H]3CCN[C@@H]3C2)cnc1Cl. The summed E-state index contributed by atoms with van der Waals surface area (Å²) in [5, 5.41) is 4.21. The molecule has 1 aromatic heterocycles. The number of halogens is 1. The Morgan fingerprint density at radius 3 is 3.18 bits per heavy atom. The van der Waals surface area contributed by atoms with E-state index in [9.17, 15) is 0 Å². The molecule has 17 heavy (non-hydrogen) atoms. The van der Waals surface area contributed by atoms with Crippen LogP contribution in [0.4, 0.5) is 5.69 Å². The zero-order chi connectivity index (χ0) is 11.8. The molecule has 2 aliphatic rings. The molecule has 0 bridgehead atoms. The Balaban J connectivity index is 1.78. The van der Waals surface area contributed by atoms with E-state index in [-0.39, 0.29) is 0 Å². The normalized spacial score (nSPS) is 28.2. The fourth-order valence-corrected chi connectivity index (χ4v) is 3.09. The van der Waals surface area contributed by atoms with Crippen LogP contribution in [0.15, 0.2) is 12.3 Å². The van der Waals surface area contributed by atoms with Gasteiger partial charge < -0.3 is 10.2 Å². The van der Waals surface area contributed by atoms with Gasteiger partial charge in [-0.1, -0.05) is 11.6 Å². The Labute approximate surface area is 107 Å². The van der Waals surface area contributed by atoms with Crippen LogP contribution in [0.5, 0.6) is 0 Å². The second kappa shape index (κ2) is 4.46. The van der Waals surface area contributed by atoms with Gasteiger partial charge in [-0.15, -0.1) is 0 Å². The predicted octanol–water partition coefficient (Wildman–Crippen LogP) is 2.23. The first-order chi connectivity index (χ1) is 8.24. The molecule has 3 rings (SSSR count). The van der Waals surface area contributed by atoms with Crippen LogP contribution in [0.25, 0.3) is 0 Å². The van der Waals surface area contributed by atoms with Crippen LogP contribution in [-0.2, 0) is 0 Å². The van der Waals surface area contributed by atoms with Crippen molar-refractivity contribution in [3.63, 3.8) is 0 Å². The van der Waals surface area contributed by atoms with Crippen molar-refractivity contribution >= 4 is 17.3 Å². The highest BCUT2D eigenvalue weighted by Gasteiger charge is 2.32. The fraction of sp³-hybridized carbons (Fsp3) is 0.615. The highest BCUT2D eigenvalue weighted by Crippen LogP contribution is 2.29. The number of nitrogens with zero attached hydrogens (tertiary/aromatic N) is 2. The molecule has 0 saturated carbocycles. The Morgan fingerprint density at radius 1 is 1.47 bits per heavy atom. The van der Waals surface area contributed by atoms with Crippen LogP contribution in [0.2, 0.25) is 5.15 Å². The van der Waals surface area contributed by atoms with E-state index in [0.717, 1.165) is 24.6 Å². The van der Waals surface area contributed by atoms with Crippen LogP contribution in [0.3, 0.4) is 0 Å². The molecular weight excluding hydrogens is 234 g/mol. The fourth-order valence-electron chi connectivity index (χ4n) is 2.98. The molecule has 2 atom stereocenters. The van der Waals surface area contributed by atoms with Gasteiger partial charge in [0, 0.05) is 19.1 Å². The third-order valence-electron chi connectivity index (χ3n) is 4.04. The minimum absolute atomic E-state index is 0.614. The van der Waals surface area contributed by atoms with Crippen molar-refractivity contribution in [3.05, 3.63) is 23.0 Å². The number of hydrogen-bond donors (Lipinski definition) is 1. The number of hydrogen-bond acceptors (Lipinski definition) is 3. The zero-order valence-corrected chi connectivity index (χ0v) is 10.9. The molecule has 0 amide bonds. The molecule has 2 fully saturated rings. The summed E-state index contributed by atoms with van der Waals surface area (Å²) >= 11 is 5.97. The summed E-state index contributed by atoms with van der Waals surface area (Å²) in [7, 11) is 0. The molecule has 0 aromatic carbocycles. The summed E-state index contributed by atoms with van der Waals surface area (Å²) in [6, 6.07) is 2.81. The molecule has 4 heteroatoms. The quantitative estimate of drug-likeness (QED) is 0.776. The molecule has 0 radical (unpaired) electrons. The Hall–Kier alpha value is -0.800. The summed E-state index contributed by atoms with van der Waals surface area (Å²) in [6.07, 6.45) is 4.53. The first-order valence-corrected chi connectivity index (χ1v) is 6.72. The van der Waals surface area contributed by atoms with Crippen molar-refractivity contribution in [2.75, 3.05) is 24.5 Å². The third-order valence-corrected chi connectivity index (χ3v) is 4.44. The van der Waals surface area contributed by atoms with Gasteiger partial charge in [-0.05, 0) is 43.9 Å². The molecule has 2 saturated heterocycles. The van der Waals surface area contributed by atoms with Gasteiger partial charge >= 0.3 is 0 Å². The van der Waals surface area contributed by atoms with Crippen molar-refractivity contribution in [3.8, 4) is 0 Å².